The smallest absolute Gasteiger partial charge is 0.243 e. The molecule has 85 heavy (non-hydrogen) atoms. The number of halogens is 1. The predicted molar refractivity (Wildman–Crippen MR) is 318 cm³/mol. The maximum absolute atomic E-state index is 14.6. The van der Waals surface area contributed by atoms with E-state index in [2.05, 4.69) is 42.5 Å². The van der Waals surface area contributed by atoms with Crippen LogP contribution < -0.4 is 65.5 Å². The number of hydrogen-bond donors (Lipinski definition) is 14. The van der Waals surface area contributed by atoms with Gasteiger partial charge in [-0.2, -0.15) is 0 Å². The Labute approximate surface area is 502 Å². The standard InChI is InChI=1S/C59H91ClN12O13/c1-6-13-44-55(81)66-43(20-25-63)48(76)32-41(34(4)73)54(80)65-27-22-46(57(83)68-45(21-26-64)56(82)70-47(28-36-14-9-8-10-15-36)58(84)71-50(33(3)7-2)59(85)69-44)67-52(78)39(19-24-62)31-49(77)51(35(5)74)72-53(79)38(18-23-61)30-40(75)29-37-16-11-12-17-42(37)60/h8-12,14-17,33-35,38-39,41,43-47,50-51,73-74H,6-7,13,18-32,61-64H2,1-5H3,(H,65,80)(H,66,81)(H,67,78)(H,68,83)(H,69,85)(H,70,82)(H,71,84)(H,72,79). The van der Waals surface area contributed by atoms with E-state index in [1.54, 1.807) is 75.4 Å². The van der Waals surface area contributed by atoms with Crippen molar-refractivity contribution in [3.8, 4) is 0 Å². The molecule has 25 nitrogen and oxygen atoms in total. The van der Waals surface area contributed by atoms with E-state index >= 15 is 0 Å². The first-order chi connectivity index (χ1) is 40.4. The third kappa shape index (κ3) is 23.9. The number of rotatable bonds is 27. The van der Waals surface area contributed by atoms with Crippen molar-refractivity contribution >= 4 is 76.2 Å². The molecule has 26 heteroatoms. The first-order valence-corrected chi connectivity index (χ1v) is 29.7. The number of aliphatic hydroxyl groups is 2. The zero-order valence-electron chi connectivity index (χ0n) is 49.5. The summed E-state index contributed by atoms with van der Waals surface area (Å²) in [5.41, 5.74) is 24.8. The SMILES string of the molecule is CCCC1NC(=O)C(C(C)CC)NC(=O)C(Cc2ccccc2)NC(=O)C(CCN)NC(=O)C(NC(=O)C(CCN)CC(=O)C(NC(=O)C(CCN)CC(=O)Cc2ccccc2Cl)C(C)O)CCNC(=O)C(C(C)O)CC(=O)C(CCN)NC1=O. The minimum atomic E-state index is -1.62. The fourth-order valence-electron chi connectivity index (χ4n) is 9.80. The number of nitrogens with one attached hydrogen (secondary N) is 8. The molecule has 0 bridgehead atoms. The number of carbonyl (C=O) groups is 11. The molecule has 13 atom stereocenters. The van der Waals surface area contributed by atoms with Crippen LogP contribution in [0.3, 0.4) is 0 Å². The number of nitrogens with two attached hydrogens (primary N) is 4. The van der Waals surface area contributed by atoms with Gasteiger partial charge in [-0.15, -0.1) is 0 Å². The van der Waals surface area contributed by atoms with Crippen LogP contribution in [0.1, 0.15) is 116 Å². The summed E-state index contributed by atoms with van der Waals surface area (Å²) < 4.78 is 0. The van der Waals surface area contributed by atoms with E-state index in [-0.39, 0.29) is 83.3 Å². The molecule has 0 spiro atoms. The summed E-state index contributed by atoms with van der Waals surface area (Å²) in [5.74, 6) is -12.7. The lowest BCUT2D eigenvalue weighted by molar-refractivity contribution is -0.137. The lowest BCUT2D eigenvalue weighted by atomic mass is 9.91. The number of aliphatic hydroxyl groups excluding tert-OH is 2. The van der Waals surface area contributed by atoms with Crippen LogP contribution in [0.2, 0.25) is 5.02 Å². The predicted octanol–water partition coefficient (Wildman–Crippen LogP) is -1.23. The van der Waals surface area contributed by atoms with Crippen LogP contribution in [0.5, 0.6) is 0 Å². The van der Waals surface area contributed by atoms with Crippen molar-refractivity contribution in [2.24, 2.45) is 46.6 Å². The molecule has 0 aliphatic carbocycles. The fourth-order valence-corrected chi connectivity index (χ4v) is 10.0. The first-order valence-electron chi connectivity index (χ1n) is 29.3. The Morgan fingerprint density at radius 3 is 1.78 bits per heavy atom. The van der Waals surface area contributed by atoms with Gasteiger partial charge in [0, 0.05) is 55.5 Å². The minimum Gasteiger partial charge on any atom is -0.393 e. The molecule has 1 saturated heterocycles. The molecule has 0 radical (unpaired) electrons. The lowest BCUT2D eigenvalue weighted by Crippen LogP contribution is -2.61. The summed E-state index contributed by atoms with van der Waals surface area (Å²) in [6.07, 6.45) is -4.52. The molecule has 18 N–H and O–H groups in total. The Hall–Kier alpha value is -6.74. The summed E-state index contributed by atoms with van der Waals surface area (Å²) in [5, 5.41) is 43.3. The Morgan fingerprint density at radius 2 is 1.20 bits per heavy atom. The van der Waals surface area contributed by atoms with Crippen molar-refractivity contribution in [1.82, 2.24) is 42.5 Å². The Kier molecular flexibility index (Phi) is 32.1. The molecular formula is C59H91ClN12O13. The lowest BCUT2D eigenvalue weighted by Gasteiger charge is -2.30. The maximum Gasteiger partial charge on any atom is 0.243 e. The molecule has 2 aromatic carbocycles. The van der Waals surface area contributed by atoms with Crippen molar-refractivity contribution in [3.63, 3.8) is 0 Å². The molecule has 1 aliphatic rings. The van der Waals surface area contributed by atoms with Crippen LogP contribution in [-0.2, 0) is 65.6 Å². The van der Waals surface area contributed by atoms with Crippen LogP contribution in [0.4, 0.5) is 0 Å². The third-order valence-electron chi connectivity index (χ3n) is 15.0. The Bertz CT molecular complexity index is 2560. The molecular weight excluding hydrogens is 1120 g/mol. The molecule has 3 rings (SSSR count). The van der Waals surface area contributed by atoms with E-state index in [0.717, 1.165) is 0 Å². The zero-order chi connectivity index (χ0) is 63.3. The van der Waals surface area contributed by atoms with Gasteiger partial charge in [0.2, 0.25) is 47.3 Å². The van der Waals surface area contributed by atoms with Crippen molar-refractivity contribution in [2.75, 3.05) is 32.7 Å². The van der Waals surface area contributed by atoms with Crippen LogP contribution >= 0.6 is 11.6 Å². The normalized spacial score (nSPS) is 23.0. The number of Topliss-reactive ketones (excluding diaryl/α,β-unsaturated/α-hetero) is 3. The summed E-state index contributed by atoms with van der Waals surface area (Å²) >= 11 is 6.26. The second-order valence-electron chi connectivity index (χ2n) is 21.9. The van der Waals surface area contributed by atoms with Crippen molar-refractivity contribution in [3.05, 3.63) is 70.7 Å². The van der Waals surface area contributed by atoms with E-state index < -0.39 is 163 Å². The van der Waals surface area contributed by atoms with E-state index in [9.17, 15) is 63.0 Å². The van der Waals surface area contributed by atoms with Crippen molar-refractivity contribution < 1.29 is 63.0 Å². The van der Waals surface area contributed by atoms with Crippen LogP contribution in [0.15, 0.2) is 54.6 Å². The topological polar surface area (TPSA) is 429 Å². The second-order valence-corrected chi connectivity index (χ2v) is 22.3. The molecule has 472 valence electrons. The van der Waals surface area contributed by atoms with E-state index in [1.165, 1.54) is 13.8 Å². The van der Waals surface area contributed by atoms with Crippen molar-refractivity contribution in [1.29, 1.82) is 0 Å². The highest BCUT2D eigenvalue weighted by Crippen LogP contribution is 2.21. The maximum atomic E-state index is 14.6. The van der Waals surface area contributed by atoms with Gasteiger partial charge in [-0.3, -0.25) is 52.7 Å². The second kappa shape index (κ2) is 37.6. The van der Waals surface area contributed by atoms with Crippen LogP contribution in [0.25, 0.3) is 0 Å². The summed E-state index contributed by atoms with van der Waals surface area (Å²) in [6.45, 7) is 6.98. The van der Waals surface area contributed by atoms with Gasteiger partial charge in [0.25, 0.3) is 0 Å². The first kappa shape index (κ1) is 72.5. The fraction of sp³-hybridized carbons (Fsp3) is 0.610. The van der Waals surface area contributed by atoms with Gasteiger partial charge >= 0.3 is 0 Å². The average Bonchev–Trinajstić information content (AvgIpc) is 3.68. The highest BCUT2D eigenvalue weighted by Gasteiger charge is 2.38. The Morgan fingerprint density at radius 1 is 0.647 bits per heavy atom. The highest BCUT2D eigenvalue weighted by molar-refractivity contribution is 6.31. The Balaban J connectivity index is 2.08. The molecule has 1 fully saturated rings. The van der Waals surface area contributed by atoms with Gasteiger partial charge in [-0.1, -0.05) is 93.7 Å². The van der Waals surface area contributed by atoms with E-state index in [1.807, 2.05) is 0 Å². The molecule has 2 aromatic rings. The van der Waals surface area contributed by atoms with Gasteiger partial charge < -0.3 is 75.7 Å². The zero-order valence-corrected chi connectivity index (χ0v) is 50.3. The van der Waals surface area contributed by atoms with Gasteiger partial charge in [-0.25, -0.2) is 0 Å². The number of hydrogen-bond acceptors (Lipinski definition) is 17. The number of carbonyl (C=O) groups excluding carboxylic acids is 11. The van der Waals surface area contributed by atoms with Gasteiger partial charge in [-0.05, 0) is 102 Å². The molecule has 1 heterocycles. The molecule has 8 amide bonds. The summed E-state index contributed by atoms with van der Waals surface area (Å²) in [4.78, 5) is 155. The van der Waals surface area contributed by atoms with Gasteiger partial charge in [0.1, 0.15) is 42.0 Å². The monoisotopic (exact) mass is 1210 g/mol. The number of amides is 8. The van der Waals surface area contributed by atoms with E-state index in [0.29, 0.717) is 29.0 Å². The molecule has 1 aliphatic heterocycles. The van der Waals surface area contributed by atoms with E-state index in [4.69, 9.17) is 34.5 Å². The molecule has 0 saturated carbocycles. The largest absolute Gasteiger partial charge is 0.393 e. The quantitative estimate of drug-likeness (QED) is 0.0498. The van der Waals surface area contributed by atoms with Crippen molar-refractivity contribution in [2.45, 2.75) is 173 Å². The van der Waals surface area contributed by atoms with Crippen LogP contribution in [0, 0.1) is 23.7 Å². The summed E-state index contributed by atoms with van der Waals surface area (Å²) in [7, 11) is 0. The van der Waals surface area contributed by atoms with Gasteiger partial charge in [0.15, 0.2) is 11.6 Å². The van der Waals surface area contributed by atoms with Crippen LogP contribution in [-0.4, -0.2) is 162 Å². The van der Waals surface area contributed by atoms with Gasteiger partial charge in [0.05, 0.1) is 24.2 Å². The number of benzene rings is 2. The third-order valence-corrected chi connectivity index (χ3v) is 15.4. The number of ketones is 3. The molecule has 13 unspecified atom stereocenters. The summed E-state index contributed by atoms with van der Waals surface area (Å²) in [6, 6.07) is 5.57. The molecule has 0 aromatic heterocycles. The highest BCUT2D eigenvalue weighted by atomic mass is 35.5. The average molecular weight is 1210 g/mol. The minimum absolute atomic E-state index is 0.00257.